The number of alkyl halides is 1. The van der Waals surface area contributed by atoms with E-state index in [1.807, 2.05) is 0 Å². The molecule has 1 N–H and O–H groups in total. The van der Waals surface area contributed by atoms with E-state index in [0.29, 0.717) is 0 Å². The first-order valence-electron chi connectivity index (χ1n) is 4.81. The maximum Gasteiger partial charge on any atom is 0.420 e. The first-order chi connectivity index (χ1) is 8.81. The fourth-order valence-corrected chi connectivity index (χ4v) is 2.93. The lowest BCUT2D eigenvalue weighted by Gasteiger charge is -2.08. The maximum atomic E-state index is 11.9. The van der Waals surface area contributed by atoms with Crippen molar-refractivity contribution in [2.24, 2.45) is 0 Å². The molecular formula is C10H9BrClNO5S. The van der Waals surface area contributed by atoms with E-state index in [0.717, 1.165) is 13.2 Å². The van der Waals surface area contributed by atoms with Crippen LogP contribution in [0.2, 0.25) is 5.02 Å². The summed E-state index contributed by atoms with van der Waals surface area (Å²) < 4.78 is 29.6. The van der Waals surface area contributed by atoms with Gasteiger partial charge in [-0.25, -0.2) is 17.9 Å². The predicted octanol–water partition coefficient (Wildman–Crippen LogP) is 1.96. The SMILES string of the molecule is COC(=O)NS(=O)(=O)c1cc(C(=O)CBr)ccc1Cl. The minimum atomic E-state index is -4.19. The van der Waals surface area contributed by atoms with Crippen molar-refractivity contribution in [3.63, 3.8) is 0 Å². The van der Waals surface area contributed by atoms with Gasteiger partial charge in [-0.05, 0) is 18.2 Å². The van der Waals surface area contributed by atoms with Crippen molar-refractivity contribution in [3.8, 4) is 0 Å². The number of sulfonamides is 1. The molecule has 0 aliphatic rings. The number of amides is 1. The van der Waals surface area contributed by atoms with Gasteiger partial charge < -0.3 is 4.74 Å². The third-order valence-corrected chi connectivity index (χ3v) is 4.37. The number of benzene rings is 1. The zero-order chi connectivity index (χ0) is 14.6. The van der Waals surface area contributed by atoms with E-state index in [9.17, 15) is 18.0 Å². The van der Waals surface area contributed by atoms with Crippen LogP contribution in [0.4, 0.5) is 4.79 Å². The summed E-state index contributed by atoms with van der Waals surface area (Å²) in [5.74, 6) is -0.314. The lowest BCUT2D eigenvalue weighted by molar-refractivity contribution is 0.102. The number of Topliss-reactive ketones (excluding diaryl/α,β-unsaturated/α-hetero) is 1. The van der Waals surface area contributed by atoms with E-state index in [4.69, 9.17) is 11.6 Å². The van der Waals surface area contributed by atoms with E-state index in [2.05, 4.69) is 20.7 Å². The van der Waals surface area contributed by atoms with Crippen LogP contribution in [0.3, 0.4) is 0 Å². The van der Waals surface area contributed by atoms with Gasteiger partial charge in [0.2, 0.25) is 0 Å². The standard InChI is InChI=1S/C10H9BrClNO5S/c1-18-10(15)13-19(16,17)9-4-6(8(14)5-11)2-3-7(9)12/h2-4H,5H2,1H3,(H,13,15). The Kier molecular flexibility index (Phi) is 5.33. The summed E-state index contributed by atoms with van der Waals surface area (Å²) >= 11 is 8.74. The highest BCUT2D eigenvalue weighted by atomic mass is 79.9. The third-order valence-electron chi connectivity index (χ3n) is 2.07. The number of hydrogen-bond acceptors (Lipinski definition) is 5. The normalized spacial score (nSPS) is 10.9. The number of ether oxygens (including phenoxy) is 1. The molecule has 0 unspecified atom stereocenters. The molecule has 0 saturated carbocycles. The molecule has 6 nitrogen and oxygen atoms in total. The second-order valence-corrected chi connectivity index (χ2v) is 5.92. The van der Waals surface area contributed by atoms with Crippen LogP contribution in [-0.2, 0) is 14.8 Å². The Balaban J connectivity index is 3.26. The average Bonchev–Trinajstić information content (AvgIpc) is 2.37. The van der Waals surface area contributed by atoms with E-state index < -0.39 is 16.1 Å². The Bertz CT molecular complexity index is 616. The van der Waals surface area contributed by atoms with Crippen molar-refractivity contribution in [2.45, 2.75) is 4.90 Å². The summed E-state index contributed by atoms with van der Waals surface area (Å²) in [4.78, 5) is 22.1. The summed E-state index contributed by atoms with van der Waals surface area (Å²) in [5, 5.41) is -0.0685. The van der Waals surface area contributed by atoms with Gasteiger partial charge in [0.05, 0.1) is 17.5 Å². The van der Waals surface area contributed by atoms with Crippen LogP contribution < -0.4 is 4.72 Å². The van der Waals surface area contributed by atoms with Gasteiger partial charge in [0.25, 0.3) is 10.0 Å². The Morgan fingerprint density at radius 1 is 1.42 bits per heavy atom. The number of ketones is 1. The smallest absolute Gasteiger partial charge is 0.420 e. The summed E-state index contributed by atoms with van der Waals surface area (Å²) in [6, 6.07) is 3.75. The number of methoxy groups -OCH3 is 1. The van der Waals surface area contributed by atoms with Crippen LogP contribution in [0.25, 0.3) is 0 Å². The monoisotopic (exact) mass is 369 g/mol. The molecule has 0 aliphatic carbocycles. The Labute approximate surface area is 123 Å². The average molecular weight is 371 g/mol. The molecular weight excluding hydrogens is 362 g/mol. The maximum absolute atomic E-state index is 11.9. The van der Waals surface area contributed by atoms with E-state index in [-0.39, 0.29) is 26.6 Å². The van der Waals surface area contributed by atoms with Gasteiger partial charge in [-0.2, -0.15) is 0 Å². The first kappa shape index (κ1) is 15.9. The number of carbonyl (C=O) groups is 2. The van der Waals surface area contributed by atoms with Crippen LogP contribution in [0.15, 0.2) is 23.1 Å². The number of halogens is 2. The molecule has 1 amide bonds. The van der Waals surface area contributed by atoms with E-state index >= 15 is 0 Å². The molecule has 1 aromatic rings. The molecule has 104 valence electrons. The minimum absolute atomic E-state index is 0.0402. The third kappa shape index (κ3) is 3.92. The quantitative estimate of drug-likeness (QED) is 0.646. The van der Waals surface area contributed by atoms with E-state index in [1.165, 1.54) is 12.1 Å². The minimum Gasteiger partial charge on any atom is -0.452 e. The van der Waals surface area contributed by atoms with Gasteiger partial charge >= 0.3 is 6.09 Å². The van der Waals surface area contributed by atoms with Gasteiger partial charge in [-0.3, -0.25) is 4.79 Å². The Morgan fingerprint density at radius 2 is 2.05 bits per heavy atom. The molecule has 1 rings (SSSR count). The molecule has 0 heterocycles. The number of hydrogen-bond donors (Lipinski definition) is 1. The zero-order valence-corrected chi connectivity index (χ0v) is 12.8. The van der Waals surface area contributed by atoms with Crippen molar-refractivity contribution in [3.05, 3.63) is 28.8 Å². The molecule has 0 radical (unpaired) electrons. The molecule has 0 saturated heterocycles. The Morgan fingerprint density at radius 3 is 2.58 bits per heavy atom. The summed E-state index contributed by atoms with van der Waals surface area (Å²) in [7, 11) is -3.17. The van der Waals surface area contributed by atoms with Gasteiger partial charge in [-0.1, -0.05) is 27.5 Å². The molecule has 0 bridgehead atoms. The molecule has 0 atom stereocenters. The summed E-state index contributed by atoms with van der Waals surface area (Å²) in [6.07, 6.45) is -1.15. The second-order valence-electron chi connectivity index (χ2n) is 3.30. The van der Waals surface area contributed by atoms with Gasteiger partial charge in [0.1, 0.15) is 4.90 Å². The van der Waals surface area contributed by atoms with Crippen LogP contribution in [0.5, 0.6) is 0 Å². The first-order valence-corrected chi connectivity index (χ1v) is 7.79. The Hall–Kier alpha value is -1.12. The van der Waals surface area contributed by atoms with Crippen molar-refractivity contribution in [1.82, 2.24) is 4.72 Å². The summed E-state index contributed by atoms with van der Waals surface area (Å²) in [6.45, 7) is 0. The lowest BCUT2D eigenvalue weighted by Crippen LogP contribution is -2.30. The molecule has 0 aliphatic heterocycles. The van der Waals surface area contributed by atoms with Crippen molar-refractivity contribution in [1.29, 1.82) is 0 Å². The largest absolute Gasteiger partial charge is 0.452 e. The van der Waals surface area contributed by atoms with Gasteiger partial charge in [0.15, 0.2) is 5.78 Å². The highest BCUT2D eigenvalue weighted by molar-refractivity contribution is 9.09. The highest BCUT2D eigenvalue weighted by Crippen LogP contribution is 2.23. The molecule has 19 heavy (non-hydrogen) atoms. The fraction of sp³-hybridized carbons (Fsp3) is 0.200. The van der Waals surface area contributed by atoms with Crippen molar-refractivity contribution >= 4 is 49.4 Å². The van der Waals surface area contributed by atoms with Crippen LogP contribution >= 0.6 is 27.5 Å². The molecule has 0 aromatic heterocycles. The number of nitrogens with one attached hydrogen (secondary N) is 1. The van der Waals surface area contributed by atoms with Crippen molar-refractivity contribution in [2.75, 3.05) is 12.4 Å². The van der Waals surface area contributed by atoms with Crippen LogP contribution in [0, 0.1) is 0 Å². The topological polar surface area (TPSA) is 89.5 Å². The van der Waals surface area contributed by atoms with Crippen molar-refractivity contribution < 1.29 is 22.7 Å². The summed E-state index contributed by atoms with van der Waals surface area (Å²) in [5.41, 5.74) is 0.159. The predicted molar refractivity (Wildman–Crippen MR) is 72.3 cm³/mol. The molecule has 0 fully saturated rings. The molecule has 1 aromatic carbocycles. The number of carbonyl (C=O) groups excluding carboxylic acids is 2. The van der Waals surface area contributed by atoms with Crippen LogP contribution in [-0.4, -0.2) is 32.7 Å². The fourth-order valence-electron chi connectivity index (χ4n) is 1.17. The van der Waals surface area contributed by atoms with Gasteiger partial charge in [-0.15, -0.1) is 0 Å². The number of rotatable bonds is 4. The van der Waals surface area contributed by atoms with E-state index in [1.54, 1.807) is 4.72 Å². The highest BCUT2D eigenvalue weighted by Gasteiger charge is 2.22. The lowest BCUT2D eigenvalue weighted by atomic mass is 10.1. The molecule has 9 heteroatoms. The van der Waals surface area contributed by atoms with Gasteiger partial charge in [0, 0.05) is 5.56 Å². The second kappa shape index (κ2) is 6.36. The van der Waals surface area contributed by atoms with Crippen LogP contribution in [0.1, 0.15) is 10.4 Å². The molecule has 0 spiro atoms. The zero-order valence-electron chi connectivity index (χ0n) is 9.64.